The van der Waals surface area contributed by atoms with Crippen molar-refractivity contribution >= 4 is 0 Å². The molecular weight excluding hydrogens is 246 g/mol. The van der Waals surface area contributed by atoms with E-state index in [9.17, 15) is 0 Å². The minimum atomic E-state index is 0.454. The maximum atomic E-state index is 6.05. The molecule has 0 aliphatic rings. The van der Waals surface area contributed by atoms with E-state index in [1.54, 1.807) is 0 Å². The van der Waals surface area contributed by atoms with Crippen LogP contribution in [0.1, 0.15) is 42.0 Å². The van der Waals surface area contributed by atoms with Crippen molar-refractivity contribution in [2.45, 2.75) is 39.8 Å². The fraction of sp³-hybridized carbons (Fsp3) is 0.333. The van der Waals surface area contributed by atoms with Gasteiger partial charge in [-0.05, 0) is 41.2 Å². The SMILES string of the molecule is Cc1ccc(C(C)C)c(OCc2ccccc2CN)c1. The Labute approximate surface area is 121 Å². The third-order valence-electron chi connectivity index (χ3n) is 3.51. The molecule has 0 saturated heterocycles. The monoisotopic (exact) mass is 269 g/mol. The van der Waals surface area contributed by atoms with Crippen LogP contribution in [0, 0.1) is 6.92 Å². The molecule has 2 rings (SSSR count). The van der Waals surface area contributed by atoms with Gasteiger partial charge in [-0.2, -0.15) is 0 Å². The number of benzene rings is 2. The summed E-state index contributed by atoms with van der Waals surface area (Å²) >= 11 is 0. The first-order valence-electron chi connectivity index (χ1n) is 7.12. The molecule has 0 aromatic heterocycles. The van der Waals surface area contributed by atoms with Crippen molar-refractivity contribution in [2.75, 3.05) is 0 Å². The van der Waals surface area contributed by atoms with E-state index in [0.29, 0.717) is 19.1 Å². The molecule has 20 heavy (non-hydrogen) atoms. The van der Waals surface area contributed by atoms with Gasteiger partial charge in [0.2, 0.25) is 0 Å². The number of hydrogen-bond acceptors (Lipinski definition) is 2. The highest BCUT2D eigenvalue weighted by atomic mass is 16.5. The van der Waals surface area contributed by atoms with Crippen LogP contribution in [-0.2, 0) is 13.2 Å². The smallest absolute Gasteiger partial charge is 0.123 e. The predicted octanol–water partition coefficient (Wildman–Crippen LogP) is 4.16. The fourth-order valence-corrected chi connectivity index (χ4v) is 2.30. The van der Waals surface area contributed by atoms with E-state index in [1.807, 2.05) is 12.1 Å². The van der Waals surface area contributed by atoms with Crippen LogP contribution >= 0.6 is 0 Å². The first-order chi connectivity index (χ1) is 9.61. The number of ether oxygens (including phenoxy) is 1. The van der Waals surface area contributed by atoms with Gasteiger partial charge in [-0.3, -0.25) is 0 Å². The molecule has 0 bridgehead atoms. The van der Waals surface area contributed by atoms with Gasteiger partial charge in [-0.25, -0.2) is 0 Å². The van der Waals surface area contributed by atoms with Crippen molar-refractivity contribution < 1.29 is 4.74 Å². The summed E-state index contributed by atoms with van der Waals surface area (Å²) in [5, 5.41) is 0. The van der Waals surface area contributed by atoms with E-state index in [2.05, 4.69) is 51.1 Å². The van der Waals surface area contributed by atoms with E-state index in [4.69, 9.17) is 10.5 Å². The maximum absolute atomic E-state index is 6.05. The number of aryl methyl sites for hydroxylation is 1. The van der Waals surface area contributed by atoms with Crippen molar-refractivity contribution in [3.63, 3.8) is 0 Å². The first-order valence-corrected chi connectivity index (χ1v) is 7.12. The molecule has 2 aromatic carbocycles. The largest absolute Gasteiger partial charge is 0.489 e. The number of rotatable bonds is 5. The molecule has 0 aliphatic carbocycles. The van der Waals surface area contributed by atoms with Gasteiger partial charge in [0.05, 0.1) is 0 Å². The molecule has 106 valence electrons. The van der Waals surface area contributed by atoms with Crippen LogP contribution in [-0.4, -0.2) is 0 Å². The summed E-state index contributed by atoms with van der Waals surface area (Å²) in [7, 11) is 0. The highest BCUT2D eigenvalue weighted by Crippen LogP contribution is 2.28. The topological polar surface area (TPSA) is 35.2 Å². The van der Waals surface area contributed by atoms with E-state index >= 15 is 0 Å². The predicted molar refractivity (Wildman–Crippen MR) is 83.9 cm³/mol. The van der Waals surface area contributed by atoms with Crippen molar-refractivity contribution in [3.8, 4) is 5.75 Å². The van der Waals surface area contributed by atoms with Crippen LogP contribution in [0.3, 0.4) is 0 Å². The molecule has 0 spiro atoms. The number of nitrogens with two attached hydrogens (primary N) is 1. The Morgan fingerprint density at radius 3 is 2.40 bits per heavy atom. The molecule has 0 fully saturated rings. The highest BCUT2D eigenvalue weighted by Gasteiger charge is 2.09. The lowest BCUT2D eigenvalue weighted by molar-refractivity contribution is 0.300. The van der Waals surface area contributed by atoms with E-state index in [0.717, 1.165) is 16.9 Å². The lowest BCUT2D eigenvalue weighted by Gasteiger charge is -2.16. The first kappa shape index (κ1) is 14.6. The minimum absolute atomic E-state index is 0.454. The minimum Gasteiger partial charge on any atom is -0.489 e. The lowest BCUT2D eigenvalue weighted by atomic mass is 10.0. The summed E-state index contributed by atoms with van der Waals surface area (Å²) in [6.45, 7) is 7.57. The van der Waals surface area contributed by atoms with Crippen molar-refractivity contribution in [1.29, 1.82) is 0 Å². The Morgan fingerprint density at radius 1 is 1.05 bits per heavy atom. The maximum Gasteiger partial charge on any atom is 0.123 e. The number of hydrogen-bond donors (Lipinski definition) is 1. The van der Waals surface area contributed by atoms with E-state index in [-0.39, 0.29) is 0 Å². The summed E-state index contributed by atoms with van der Waals surface area (Å²) in [6, 6.07) is 14.6. The molecule has 0 aliphatic heterocycles. The summed E-state index contributed by atoms with van der Waals surface area (Å²) in [4.78, 5) is 0. The third-order valence-corrected chi connectivity index (χ3v) is 3.51. The quantitative estimate of drug-likeness (QED) is 0.884. The van der Waals surface area contributed by atoms with Crippen molar-refractivity contribution in [2.24, 2.45) is 5.73 Å². The van der Waals surface area contributed by atoms with Crippen LogP contribution in [0.25, 0.3) is 0 Å². The standard InChI is InChI=1S/C18H23NO/c1-13(2)17-9-8-14(3)10-18(17)20-12-16-7-5-4-6-15(16)11-19/h4-10,13H,11-12,19H2,1-3H3. The van der Waals surface area contributed by atoms with Crippen LogP contribution in [0.5, 0.6) is 5.75 Å². The zero-order valence-electron chi connectivity index (χ0n) is 12.5. The van der Waals surface area contributed by atoms with Gasteiger partial charge in [0.25, 0.3) is 0 Å². The van der Waals surface area contributed by atoms with E-state index < -0.39 is 0 Å². The normalized spacial score (nSPS) is 10.8. The Hall–Kier alpha value is -1.80. The average molecular weight is 269 g/mol. The average Bonchev–Trinajstić information content (AvgIpc) is 2.45. The fourth-order valence-electron chi connectivity index (χ4n) is 2.30. The van der Waals surface area contributed by atoms with Crippen LogP contribution in [0.2, 0.25) is 0 Å². The molecule has 0 unspecified atom stereocenters. The second-order valence-corrected chi connectivity index (χ2v) is 5.46. The zero-order chi connectivity index (χ0) is 14.5. The van der Waals surface area contributed by atoms with Gasteiger partial charge < -0.3 is 10.5 Å². The molecule has 2 heteroatoms. The Kier molecular flexibility index (Phi) is 4.80. The summed E-state index contributed by atoms with van der Waals surface area (Å²) in [5.74, 6) is 1.43. The van der Waals surface area contributed by atoms with Crippen molar-refractivity contribution in [3.05, 3.63) is 64.7 Å². The second kappa shape index (κ2) is 6.58. The summed E-state index contributed by atoms with van der Waals surface area (Å²) in [5.41, 5.74) is 10.5. The third kappa shape index (κ3) is 3.40. The highest BCUT2D eigenvalue weighted by molar-refractivity contribution is 5.39. The van der Waals surface area contributed by atoms with Gasteiger partial charge in [0.1, 0.15) is 12.4 Å². The Bertz CT molecular complexity index is 575. The zero-order valence-corrected chi connectivity index (χ0v) is 12.5. The van der Waals surface area contributed by atoms with Gasteiger partial charge >= 0.3 is 0 Å². The van der Waals surface area contributed by atoms with Gasteiger partial charge in [-0.15, -0.1) is 0 Å². The summed E-state index contributed by atoms with van der Waals surface area (Å²) < 4.78 is 6.05. The van der Waals surface area contributed by atoms with E-state index in [1.165, 1.54) is 11.1 Å². The van der Waals surface area contributed by atoms with Crippen LogP contribution in [0.15, 0.2) is 42.5 Å². The van der Waals surface area contributed by atoms with Gasteiger partial charge in [-0.1, -0.05) is 50.2 Å². The molecule has 0 saturated carbocycles. The molecule has 0 heterocycles. The molecule has 0 atom stereocenters. The molecule has 2 aromatic rings. The molecule has 2 nitrogen and oxygen atoms in total. The lowest BCUT2D eigenvalue weighted by Crippen LogP contribution is -2.05. The van der Waals surface area contributed by atoms with Gasteiger partial charge in [0.15, 0.2) is 0 Å². The molecule has 2 N–H and O–H groups in total. The van der Waals surface area contributed by atoms with Crippen molar-refractivity contribution in [1.82, 2.24) is 0 Å². The summed E-state index contributed by atoms with van der Waals surface area (Å²) in [6.07, 6.45) is 0. The second-order valence-electron chi connectivity index (χ2n) is 5.46. The molecule has 0 radical (unpaired) electrons. The van der Waals surface area contributed by atoms with Crippen LogP contribution in [0.4, 0.5) is 0 Å². The Balaban J connectivity index is 2.20. The van der Waals surface area contributed by atoms with Crippen LogP contribution < -0.4 is 10.5 Å². The van der Waals surface area contributed by atoms with Gasteiger partial charge in [0, 0.05) is 6.54 Å². The molecular formula is C18H23NO. The Morgan fingerprint density at radius 2 is 1.75 bits per heavy atom. The molecule has 0 amide bonds.